The smallest absolute Gasteiger partial charge is 0.274 e. The summed E-state index contributed by atoms with van der Waals surface area (Å²) in [5.74, 6) is -0.298. The monoisotopic (exact) mass is 264 g/mol. The number of rotatable bonds is 3. The summed E-state index contributed by atoms with van der Waals surface area (Å²) in [6, 6.07) is 3.28. The van der Waals surface area contributed by atoms with Gasteiger partial charge in [-0.25, -0.2) is 0 Å². The van der Waals surface area contributed by atoms with Crippen LogP contribution in [0.3, 0.4) is 0 Å². The highest BCUT2D eigenvalue weighted by molar-refractivity contribution is 5.91. The molecule has 1 aliphatic carbocycles. The van der Waals surface area contributed by atoms with Crippen LogP contribution in [0.2, 0.25) is 0 Å². The molecule has 5 heteroatoms. The second-order valence-electron chi connectivity index (χ2n) is 5.35. The summed E-state index contributed by atoms with van der Waals surface area (Å²) in [4.78, 5) is 23.7. The van der Waals surface area contributed by atoms with Crippen molar-refractivity contribution in [2.45, 2.75) is 44.1 Å². The second kappa shape index (κ2) is 5.57. The molecular weight excluding hydrogens is 244 g/mol. The van der Waals surface area contributed by atoms with Gasteiger partial charge in [0.05, 0.1) is 12.0 Å². The summed E-state index contributed by atoms with van der Waals surface area (Å²) in [6.07, 6.45) is 6.04. The summed E-state index contributed by atoms with van der Waals surface area (Å²) in [5.41, 5.74) is -0.886. The average Bonchev–Trinajstić information content (AvgIpc) is 2.35. The van der Waals surface area contributed by atoms with Gasteiger partial charge < -0.3 is 15.0 Å². The van der Waals surface area contributed by atoms with Crippen LogP contribution in [0.15, 0.2) is 23.1 Å². The lowest BCUT2D eigenvalue weighted by atomic mass is 9.82. The summed E-state index contributed by atoms with van der Waals surface area (Å²) < 4.78 is 1.41. The molecule has 1 aromatic rings. The summed E-state index contributed by atoms with van der Waals surface area (Å²) in [5, 5.41) is 12.9. The first-order chi connectivity index (χ1) is 9.00. The minimum Gasteiger partial charge on any atom is -0.389 e. The molecule has 0 aliphatic heterocycles. The Morgan fingerprint density at radius 1 is 1.42 bits per heavy atom. The Kier molecular flexibility index (Phi) is 4.04. The molecule has 1 amide bonds. The number of carbonyl (C=O) groups is 1. The van der Waals surface area contributed by atoms with E-state index in [1.165, 1.54) is 4.57 Å². The minimum atomic E-state index is -0.900. The van der Waals surface area contributed by atoms with Crippen LogP contribution >= 0.6 is 0 Å². The van der Waals surface area contributed by atoms with Gasteiger partial charge in [-0.05, 0) is 25.0 Å². The van der Waals surface area contributed by atoms with Crippen molar-refractivity contribution >= 4 is 11.6 Å². The van der Waals surface area contributed by atoms with Gasteiger partial charge in [0.1, 0.15) is 5.69 Å². The maximum Gasteiger partial charge on any atom is 0.274 e. The summed E-state index contributed by atoms with van der Waals surface area (Å²) in [7, 11) is 1.63. The van der Waals surface area contributed by atoms with Crippen molar-refractivity contribution in [1.82, 2.24) is 4.57 Å². The molecule has 104 valence electrons. The molecule has 0 aromatic carbocycles. The molecule has 19 heavy (non-hydrogen) atoms. The van der Waals surface area contributed by atoms with Gasteiger partial charge in [0.25, 0.3) is 5.56 Å². The number of nitrogens with zero attached hydrogens (tertiary/aromatic N) is 1. The van der Waals surface area contributed by atoms with Gasteiger partial charge in [-0.15, -0.1) is 0 Å². The molecule has 0 spiro atoms. The predicted molar refractivity (Wildman–Crippen MR) is 73.0 cm³/mol. The van der Waals surface area contributed by atoms with Crippen LogP contribution in [-0.2, 0) is 11.8 Å². The molecule has 2 N–H and O–H groups in total. The zero-order chi connectivity index (χ0) is 13.9. The number of carbonyl (C=O) groups excluding carboxylic acids is 1. The average molecular weight is 264 g/mol. The quantitative estimate of drug-likeness (QED) is 0.867. The van der Waals surface area contributed by atoms with Gasteiger partial charge in [-0.1, -0.05) is 19.3 Å². The number of nitrogens with one attached hydrogen (secondary N) is 1. The number of aromatic nitrogens is 1. The molecule has 5 nitrogen and oxygen atoms in total. The number of hydrogen-bond acceptors (Lipinski definition) is 3. The maximum absolute atomic E-state index is 11.9. The van der Waals surface area contributed by atoms with Crippen molar-refractivity contribution in [3.05, 3.63) is 28.7 Å². The van der Waals surface area contributed by atoms with E-state index in [0.29, 0.717) is 12.8 Å². The Morgan fingerprint density at radius 2 is 2.11 bits per heavy atom. The van der Waals surface area contributed by atoms with Crippen LogP contribution in [0.25, 0.3) is 0 Å². The zero-order valence-corrected chi connectivity index (χ0v) is 11.2. The van der Waals surface area contributed by atoms with Gasteiger partial charge in [0.15, 0.2) is 0 Å². The Bertz CT molecular complexity index is 516. The van der Waals surface area contributed by atoms with E-state index >= 15 is 0 Å². The fourth-order valence-corrected chi connectivity index (χ4v) is 2.57. The van der Waals surface area contributed by atoms with E-state index in [1.807, 2.05) is 0 Å². The standard InChI is InChI=1S/C14H20N2O3/c1-16-9-5-6-11(13(16)18)15-12(17)10-14(19)7-3-2-4-8-14/h5-6,9,19H,2-4,7-8,10H2,1H3,(H,15,17). The molecule has 1 fully saturated rings. The van der Waals surface area contributed by atoms with Gasteiger partial charge in [0, 0.05) is 13.2 Å². The molecular formula is C14H20N2O3. The van der Waals surface area contributed by atoms with Crippen molar-refractivity contribution in [3.63, 3.8) is 0 Å². The van der Waals surface area contributed by atoms with E-state index in [9.17, 15) is 14.7 Å². The van der Waals surface area contributed by atoms with Crippen molar-refractivity contribution < 1.29 is 9.90 Å². The maximum atomic E-state index is 11.9. The molecule has 0 atom stereocenters. The molecule has 1 aliphatic rings. The fraction of sp³-hybridized carbons (Fsp3) is 0.571. The molecule has 1 aromatic heterocycles. The number of amides is 1. The first kappa shape index (κ1) is 13.8. The van der Waals surface area contributed by atoms with E-state index in [1.54, 1.807) is 25.4 Å². The molecule has 0 bridgehead atoms. The van der Waals surface area contributed by atoms with Crippen LogP contribution in [0.1, 0.15) is 38.5 Å². The van der Waals surface area contributed by atoms with Crippen molar-refractivity contribution in [2.24, 2.45) is 7.05 Å². The Hall–Kier alpha value is -1.62. The van der Waals surface area contributed by atoms with Crippen molar-refractivity contribution in [2.75, 3.05) is 5.32 Å². The van der Waals surface area contributed by atoms with E-state index in [0.717, 1.165) is 19.3 Å². The third kappa shape index (κ3) is 3.44. The van der Waals surface area contributed by atoms with Gasteiger partial charge in [-0.2, -0.15) is 0 Å². The number of hydrogen-bond donors (Lipinski definition) is 2. The first-order valence-electron chi connectivity index (χ1n) is 6.68. The van der Waals surface area contributed by atoms with Crippen LogP contribution in [-0.4, -0.2) is 21.2 Å². The summed E-state index contributed by atoms with van der Waals surface area (Å²) >= 11 is 0. The number of aliphatic hydroxyl groups is 1. The number of pyridine rings is 1. The molecule has 1 saturated carbocycles. The minimum absolute atomic E-state index is 0.0606. The second-order valence-corrected chi connectivity index (χ2v) is 5.35. The third-order valence-electron chi connectivity index (χ3n) is 3.67. The SMILES string of the molecule is Cn1cccc(NC(=O)CC2(O)CCCCC2)c1=O. The molecule has 1 heterocycles. The van der Waals surface area contributed by atoms with Gasteiger partial charge in [-0.3, -0.25) is 9.59 Å². The van der Waals surface area contributed by atoms with E-state index < -0.39 is 5.60 Å². The number of aryl methyl sites for hydroxylation is 1. The third-order valence-corrected chi connectivity index (χ3v) is 3.67. The molecule has 0 unspecified atom stereocenters. The topological polar surface area (TPSA) is 71.3 Å². The van der Waals surface area contributed by atoms with Crippen molar-refractivity contribution in [1.29, 1.82) is 0 Å². The van der Waals surface area contributed by atoms with E-state index in [4.69, 9.17) is 0 Å². The van der Waals surface area contributed by atoms with Crippen LogP contribution in [0, 0.1) is 0 Å². The van der Waals surface area contributed by atoms with Gasteiger partial charge >= 0.3 is 0 Å². The lowest BCUT2D eigenvalue weighted by molar-refractivity contribution is -0.122. The van der Waals surface area contributed by atoms with E-state index in [-0.39, 0.29) is 23.6 Å². The molecule has 0 radical (unpaired) electrons. The predicted octanol–water partition coefficient (Wildman–Crippen LogP) is 1.41. The van der Waals surface area contributed by atoms with Crippen LogP contribution in [0.4, 0.5) is 5.69 Å². The highest BCUT2D eigenvalue weighted by Crippen LogP contribution is 2.30. The zero-order valence-electron chi connectivity index (χ0n) is 11.2. The molecule has 2 rings (SSSR count). The van der Waals surface area contributed by atoms with Crippen LogP contribution in [0.5, 0.6) is 0 Å². The highest BCUT2D eigenvalue weighted by Gasteiger charge is 2.31. The Labute approximate surface area is 112 Å². The van der Waals surface area contributed by atoms with E-state index in [2.05, 4.69) is 5.32 Å². The van der Waals surface area contributed by atoms with Gasteiger partial charge in [0.2, 0.25) is 5.91 Å². The normalized spacial score (nSPS) is 18.0. The molecule has 0 saturated heterocycles. The highest BCUT2D eigenvalue weighted by atomic mass is 16.3. The fourth-order valence-electron chi connectivity index (χ4n) is 2.57. The first-order valence-corrected chi connectivity index (χ1v) is 6.68. The lowest BCUT2D eigenvalue weighted by Crippen LogP contribution is -2.36. The van der Waals surface area contributed by atoms with Crippen LogP contribution < -0.4 is 10.9 Å². The number of anilines is 1. The Balaban J connectivity index is 2.01. The largest absolute Gasteiger partial charge is 0.389 e. The Morgan fingerprint density at radius 3 is 2.79 bits per heavy atom. The summed E-state index contributed by atoms with van der Waals surface area (Å²) in [6.45, 7) is 0. The lowest BCUT2D eigenvalue weighted by Gasteiger charge is -2.31. The van der Waals surface area contributed by atoms with Crippen molar-refractivity contribution in [3.8, 4) is 0 Å².